The van der Waals surface area contributed by atoms with E-state index in [0.29, 0.717) is 43.1 Å². The van der Waals surface area contributed by atoms with Gasteiger partial charge in [-0.1, -0.05) is 10.3 Å². The van der Waals surface area contributed by atoms with Gasteiger partial charge in [-0.3, -0.25) is 9.69 Å². The second kappa shape index (κ2) is 10.1. The van der Waals surface area contributed by atoms with Crippen LogP contribution in [0, 0.1) is 5.92 Å². The normalized spacial score (nSPS) is 21.8. The monoisotopic (exact) mass is 445 g/mol. The average Bonchev–Trinajstić information content (AvgIpc) is 3.50. The van der Waals surface area contributed by atoms with Crippen molar-refractivity contribution in [3.63, 3.8) is 0 Å². The van der Waals surface area contributed by atoms with Crippen LogP contribution in [0.1, 0.15) is 59.6 Å². The molecule has 0 atom stereocenters. The van der Waals surface area contributed by atoms with Gasteiger partial charge in [-0.2, -0.15) is 4.98 Å². The van der Waals surface area contributed by atoms with E-state index in [1.54, 1.807) is 6.07 Å². The van der Waals surface area contributed by atoms with E-state index in [1.165, 1.54) is 0 Å². The van der Waals surface area contributed by atoms with Crippen LogP contribution in [-0.2, 0) is 22.4 Å². The van der Waals surface area contributed by atoms with Gasteiger partial charge in [0.1, 0.15) is 0 Å². The molecular weight excluding hydrogens is 414 g/mol. The van der Waals surface area contributed by atoms with Gasteiger partial charge in [-0.15, -0.1) is 0 Å². The molecule has 0 N–H and O–H groups in total. The molecule has 3 saturated heterocycles. The summed E-state index contributed by atoms with van der Waals surface area (Å²) in [5.74, 6) is 2.98. The molecule has 5 rings (SSSR count). The van der Waals surface area contributed by atoms with Crippen LogP contribution in [0.3, 0.4) is 0 Å². The lowest BCUT2D eigenvalue weighted by Crippen LogP contribution is -2.39. The van der Waals surface area contributed by atoms with Crippen LogP contribution in [-0.4, -0.2) is 83.6 Å². The molecule has 10 nitrogen and oxygen atoms in total. The second-order valence-electron chi connectivity index (χ2n) is 8.94. The maximum Gasteiger partial charge on any atom is 0.276 e. The van der Waals surface area contributed by atoms with Gasteiger partial charge in [0.15, 0.2) is 17.3 Å². The van der Waals surface area contributed by atoms with Gasteiger partial charge >= 0.3 is 0 Å². The molecule has 0 unspecified atom stereocenters. The van der Waals surface area contributed by atoms with E-state index in [4.69, 9.17) is 18.5 Å². The van der Waals surface area contributed by atoms with Crippen LogP contribution in [0.15, 0.2) is 15.1 Å². The fraction of sp³-hybridized carbons (Fsp3) is 0.727. The highest BCUT2D eigenvalue weighted by molar-refractivity contribution is 5.92. The Bertz CT molecular complexity index is 879. The number of hydrogen-bond acceptors (Lipinski definition) is 9. The summed E-state index contributed by atoms with van der Waals surface area (Å²) in [6.45, 7) is 6.80. The molecule has 2 aromatic rings. The Morgan fingerprint density at radius 3 is 2.47 bits per heavy atom. The number of likely N-dealkylation sites (tertiary alicyclic amines) is 1. The number of piperidine rings is 1. The number of amides is 1. The largest absolute Gasteiger partial charge is 0.381 e. The summed E-state index contributed by atoms with van der Waals surface area (Å²) in [6, 6.07) is 1.78. The minimum absolute atomic E-state index is 0.0555. The Morgan fingerprint density at radius 2 is 1.69 bits per heavy atom. The molecule has 32 heavy (non-hydrogen) atoms. The van der Waals surface area contributed by atoms with Crippen LogP contribution in [0.4, 0.5) is 0 Å². The van der Waals surface area contributed by atoms with Gasteiger partial charge in [0, 0.05) is 57.8 Å². The number of hydrogen-bond donors (Lipinski definition) is 0. The molecule has 2 aromatic heterocycles. The summed E-state index contributed by atoms with van der Waals surface area (Å²) in [7, 11) is 0. The summed E-state index contributed by atoms with van der Waals surface area (Å²) < 4.78 is 21.7. The van der Waals surface area contributed by atoms with Crippen LogP contribution in [0.5, 0.6) is 0 Å². The Morgan fingerprint density at radius 1 is 0.938 bits per heavy atom. The topological polar surface area (TPSA) is 107 Å². The highest BCUT2D eigenvalue weighted by Gasteiger charge is 2.28. The van der Waals surface area contributed by atoms with Crippen LogP contribution in [0.2, 0.25) is 0 Å². The molecule has 5 heterocycles. The molecule has 0 radical (unpaired) electrons. The van der Waals surface area contributed by atoms with Crippen molar-refractivity contribution in [2.45, 2.75) is 44.6 Å². The van der Waals surface area contributed by atoms with Crippen molar-refractivity contribution >= 4 is 5.91 Å². The molecule has 3 fully saturated rings. The third-order valence-corrected chi connectivity index (χ3v) is 6.70. The second-order valence-corrected chi connectivity index (χ2v) is 8.94. The first-order valence-corrected chi connectivity index (χ1v) is 11.7. The SMILES string of the molecule is O=C(c1cc(CN2CCOCC2)on1)N1CCC(Cc2nc(C3CCOCC3)no2)CC1. The van der Waals surface area contributed by atoms with Crippen molar-refractivity contribution in [1.29, 1.82) is 0 Å². The Labute approximate surface area is 187 Å². The molecule has 0 bridgehead atoms. The zero-order valence-electron chi connectivity index (χ0n) is 18.4. The molecule has 0 saturated carbocycles. The lowest BCUT2D eigenvalue weighted by atomic mass is 9.93. The van der Waals surface area contributed by atoms with Crippen molar-refractivity contribution in [3.05, 3.63) is 29.2 Å². The van der Waals surface area contributed by atoms with Crippen molar-refractivity contribution in [2.75, 3.05) is 52.6 Å². The molecule has 174 valence electrons. The number of nitrogens with zero attached hydrogens (tertiary/aromatic N) is 5. The van der Waals surface area contributed by atoms with Gasteiger partial charge in [0.05, 0.1) is 19.8 Å². The van der Waals surface area contributed by atoms with Gasteiger partial charge in [0.25, 0.3) is 5.91 Å². The van der Waals surface area contributed by atoms with E-state index in [-0.39, 0.29) is 5.91 Å². The van der Waals surface area contributed by atoms with Crippen LogP contribution < -0.4 is 0 Å². The van der Waals surface area contributed by atoms with Gasteiger partial charge in [-0.05, 0) is 31.6 Å². The van der Waals surface area contributed by atoms with Gasteiger partial charge in [0.2, 0.25) is 5.89 Å². The Kier molecular flexibility index (Phi) is 6.80. The molecule has 0 aliphatic carbocycles. The molecule has 3 aliphatic rings. The number of morpholine rings is 1. The third kappa shape index (κ3) is 5.19. The molecule has 3 aliphatic heterocycles. The number of rotatable bonds is 6. The van der Waals surface area contributed by atoms with E-state index >= 15 is 0 Å². The van der Waals surface area contributed by atoms with Gasteiger partial charge in [-0.25, -0.2) is 0 Å². The Hall–Kier alpha value is -2.30. The van der Waals surface area contributed by atoms with Crippen molar-refractivity contribution in [1.82, 2.24) is 25.1 Å². The summed E-state index contributed by atoms with van der Waals surface area (Å²) in [4.78, 5) is 21.6. The van der Waals surface area contributed by atoms with E-state index in [0.717, 1.165) is 83.2 Å². The molecule has 1 amide bonds. The van der Waals surface area contributed by atoms with Crippen molar-refractivity contribution < 1.29 is 23.3 Å². The fourth-order valence-electron chi connectivity index (χ4n) is 4.69. The smallest absolute Gasteiger partial charge is 0.276 e. The molecule has 0 aromatic carbocycles. The summed E-state index contributed by atoms with van der Waals surface area (Å²) in [6.07, 6.45) is 4.51. The standard InChI is InChI=1S/C22H31N5O5/c28-22(19-14-18(31-24-19)15-26-7-11-30-12-8-26)27-5-1-16(2-6-27)13-20-23-21(25-32-20)17-3-9-29-10-4-17/h14,16-17H,1-13,15H2. The number of aromatic nitrogens is 3. The molecule has 10 heteroatoms. The number of ether oxygens (including phenoxy) is 2. The van der Waals surface area contributed by atoms with Crippen molar-refractivity contribution in [2.24, 2.45) is 5.92 Å². The first-order valence-electron chi connectivity index (χ1n) is 11.7. The highest BCUT2D eigenvalue weighted by Crippen LogP contribution is 2.26. The van der Waals surface area contributed by atoms with E-state index in [2.05, 4.69) is 20.2 Å². The third-order valence-electron chi connectivity index (χ3n) is 6.70. The molecular formula is C22H31N5O5. The molecule has 0 spiro atoms. The highest BCUT2D eigenvalue weighted by atomic mass is 16.5. The van der Waals surface area contributed by atoms with E-state index in [1.807, 2.05) is 4.90 Å². The maximum absolute atomic E-state index is 12.9. The first-order chi connectivity index (χ1) is 15.7. The predicted molar refractivity (Wildman–Crippen MR) is 112 cm³/mol. The van der Waals surface area contributed by atoms with Crippen molar-refractivity contribution in [3.8, 4) is 0 Å². The lowest BCUT2D eigenvalue weighted by molar-refractivity contribution is 0.0305. The van der Waals surface area contributed by atoms with E-state index < -0.39 is 0 Å². The van der Waals surface area contributed by atoms with E-state index in [9.17, 15) is 4.79 Å². The van der Waals surface area contributed by atoms with Crippen LogP contribution >= 0.6 is 0 Å². The first kappa shape index (κ1) is 21.5. The maximum atomic E-state index is 12.9. The Balaban J connectivity index is 1.09. The summed E-state index contributed by atoms with van der Waals surface area (Å²) in [5.41, 5.74) is 0.393. The summed E-state index contributed by atoms with van der Waals surface area (Å²) >= 11 is 0. The fourth-order valence-corrected chi connectivity index (χ4v) is 4.69. The number of carbonyl (C=O) groups excluding carboxylic acids is 1. The minimum atomic E-state index is -0.0555. The minimum Gasteiger partial charge on any atom is -0.381 e. The summed E-state index contributed by atoms with van der Waals surface area (Å²) in [5, 5.41) is 8.22. The quantitative estimate of drug-likeness (QED) is 0.658. The zero-order valence-corrected chi connectivity index (χ0v) is 18.4. The average molecular weight is 446 g/mol. The number of carbonyl (C=O) groups is 1. The predicted octanol–water partition coefficient (Wildman–Crippen LogP) is 1.88. The zero-order chi connectivity index (χ0) is 21.8. The van der Waals surface area contributed by atoms with Crippen LogP contribution in [0.25, 0.3) is 0 Å². The lowest BCUT2D eigenvalue weighted by Gasteiger charge is -2.30. The van der Waals surface area contributed by atoms with Gasteiger partial charge < -0.3 is 23.4 Å².